The normalized spacial score (nSPS) is 11.4. The van der Waals surface area contributed by atoms with E-state index in [4.69, 9.17) is 4.74 Å². The first-order valence-electron chi connectivity index (χ1n) is 7.34. The Morgan fingerprint density at radius 3 is 2.50 bits per heavy atom. The number of rotatable bonds is 10. The standard InChI is InChI=1S/C15H24N2O4S/c1-3-4-5-15(18)16-12-13-6-8-14(9-7-13)22(19,20)17-10-11-21-2/h6-9,17H,3-5,10-12H2,1-2H3,(H,16,18). The molecule has 6 nitrogen and oxygen atoms in total. The second-order valence-electron chi connectivity index (χ2n) is 4.91. The SMILES string of the molecule is CCCCC(=O)NCc1ccc(S(=O)(=O)NCCOC)cc1. The van der Waals surface area contributed by atoms with Crippen LogP contribution in [0.25, 0.3) is 0 Å². The van der Waals surface area contributed by atoms with E-state index in [1.165, 1.54) is 19.2 Å². The number of ether oxygens (including phenoxy) is 1. The molecule has 124 valence electrons. The van der Waals surface area contributed by atoms with Gasteiger partial charge in [-0.05, 0) is 24.1 Å². The van der Waals surface area contributed by atoms with Crippen molar-refractivity contribution in [1.82, 2.24) is 10.0 Å². The number of amides is 1. The fourth-order valence-corrected chi connectivity index (χ4v) is 2.79. The lowest BCUT2D eigenvalue weighted by Gasteiger charge is -2.08. The van der Waals surface area contributed by atoms with Crippen molar-refractivity contribution in [2.45, 2.75) is 37.6 Å². The Kier molecular flexibility index (Phi) is 8.08. The molecule has 0 radical (unpaired) electrons. The van der Waals surface area contributed by atoms with E-state index < -0.39 is 10.0 Å². The Balaban J connectivity index is 2.53. The van der Waals surface area contributed by atoms with Crippen LogP contribution in [0.1, 0.15) is 31.7 Å². The van der Waals surface area contributed by atoms with E-state index in [-0.39, 0.29) is 17.3 Å². The molecule has 0 saturated heterocycles. The fourth-order valence-electron chi connectivity index (χ4n) is 1.77. The highest BCUT2D eigenvalue weighted by molar-refractivity contribution is 7.89. The first-order chi connectivity index (χ1) is 10.5. The molecule has 0 spiro atoms. The topological polar surface area (TPSA) is 84.5 Å². The van der Waals surface area contributed by atoms with Gasteiger partial charge in [0.2, 0.25) is 15.9 Å². The highest BCUT2D eigenvalue weighted by atomic mass is 32.2. The van der Waals surface area contributed by atoms with Crippen LogP contribution in [0.15, 0.2) is 29.2 Å². The molecule has 22 heavy (non-hydrogen) atoms. The Morgan fingerprint density at radius 2 is 1.91 bits per heavy atom. The van der Waals surface area contributed by atoms with Gasteiger partial charge in [-0.1, -0.05) is 25.5 Å². The van der Waals surface area contributed by atoms with E-state index >= 15 is 0 Å². The maximum absolute atomic E-state index is 12.0. The summed E-state index contributed by atoms with van der Waals surface area (Å²) in [4.78, 5) is 11.7. The Hall–Kier alpha value is -1.44. The molecule has 2 N–H and O–H groups in total. The molecule has 0 aliphatic rings. The summed E-state index contributed by atoms with van der Waals surface area (Å²) in [6, 6.07) is 6.46. The van der Waals surface area contributed by atoms with Gasteiger partial charge in [-0.25, -0.2) is 13.1 Å². The van der Waals surface area contributed by atoms with Crippen LogP contribution in [0.5, 0.6) is 0 Å². The highest BCUT2D eigenvalue weighted by Crippen LogP contribution is 2.10. The van der Waals surface area contributed by atoms with E-state index in [2.05, 4.69) is 10.0 Å². The average molecular weight is 328 g/mol. The summed E-state index contributed by atoms with van der Waals surface area (Å²) in [6.07, 6.45) is 2.37. The first-order valence-corrected chi connectivity index (χ1v) is 8.82. The first kappa shape index (κ1) is 18.6. The molecule has 1 amide bonds. The molecule has 0 unspecified atom stereocenters. The van der Waals surface area contributed by atoms with Crippen molar-refractivity contribution < 1.29 is 17.9 Å². The number of nitrogens with one attached hydrogen (secondary N) is 2. The molecule has 0 heterocycles. The van der Waals surface area contributed by atoms with E-state index in [1.54, 1.807) is 12.1 Å². The maximum atomic E-state index is 12.0. The van der Waals surface area contributed by atoms with Gasteiger partial charge in [0.1, 0.15) is 0 Å². The van der Waals surface area contributed by atoms with Crippen molar-refractivity contribution in [1.29, 1.82) is 0 Å². The molecule has 1 aromatic rings. The van der Waals surface area contributed by atoms with Crippen LogP contribution in [0.2, 0.25) is 0 Å². The molecular weight excluding hydrogens is 304 g/mol. The van der Waals surface area contributed by atoms with E-state index in [0.29, 0.717) is 19.6 Å². The summed E-state index contributed by atoms with van der Waals surface area (Å²) in [5, 5.41) is 2.81. The van der Waals surface area contributed by atoms with Crippen LogP contribution < -0.4 is 10.0 Å². The summed E-state index contributed by atoms with van der Waals surface area (Å²) in [6.45, 7) is 2.99. The van der Waals surface area contributed by atoms with Crippen LogP contribution in [0.3, 0.4) is 0 Å². The molecule has 1 aromatic carbocycles. The third-order valence-electron chi connectivity index (χ3n) is 3.08. The fraction of sp³-hybridized carbons (Fsp3) is 0.533. The number of methoxy groups -OCH3 is 1. The second-order valence-corrected chi connectivity index (χ2v) is 6.68. The second kappa shape index (κ2) is 9.55. The van der Waals surface area contributed by atoms with Crippen molar-refractivity contribution in [3.05, 3.63) is 29.8 Å². The van der Waals surface area contributed by atoms with Crippen LogP contribution in [0, 0.1) is 0 Å². The molecular formula is C15H24N2O4S. The summed E-state index contributed by atoms with van der Waals surface area (Å²) in [7, 11) is -2.00. The monoisotopic (exact) mass is 328 g/mol. The van der Waals surface area contributed by atoms with Gasteiger partial charge in [0.25, 0.3) is 0 Å². The van der Waals surface area contributed by atoms with Gasteiger partial charge >= 0.3 is 0 Å². The minimum atomic E-state index is -3.51. The van der Waals surface area contributed by atoms with E-state index in [0.717, 1.165) is 18.4 Å². The molecule has 0 atom stereocenters. The summed E-state index contributed by atoms with van der Waals surface area (Å²) in [5.74, 6) is 0.0137. The lowest BCUT2D eigenvalue weighted by molar-refractivity contribution is -0.121. The smallest absolute Gasteiger partial charge is 0.240 e. The molecule has 0 aromatic heterocycles. The Labute approximate surface area is 132 Å². The number of benzene rings is 1. The predicted octanol–water partition coefficient (Wildman–Crippen LogP) is 1.42. The third-order valence-corrected chi connectivity index (χ3v) is 4.56. The number of unbranched alkanes of at least 4 members (excludes halogenated alkanes) is 1. The number of sulfonamides is 1. The van der Waals surface area contributed by atoms with Crippen LogP contribution >= 0.6 is 0 Å². The quantitative estimate of drug-likeness (QED) is 0.636. The van der Waals surface area contributed by atoms with Crippen molar-refractivity contribution >= 4 is 15.9 Å². The zero-order valence-electron chi connectivity index (χ0n) is 13.1. The molecule has 0 bridgehead atoms. The Morgan fingerprint density at radius 1 is 1.23 bits per heavy atom. The van der Waals surface area contributed by atoms with Crippen molar-refractivity contribution in [2.24, 2.45) is 0 Å². The molecule has 0 aliphatic heterocycles. The predicted molar refractivity (Wildman–Crippen MR) is 84.9 cm³/mol. The van der Waals surface area contributed by atoms with Gasteiger partial charge in [-0.15, -0.1) is 0 Å². The number of hydrogen-bond donors (Lipinski definition) is 2. The van der Waals surface area contributed by atoms with Gasteiger partial charge in [0, 0.05) is 26.6 Å². The third kappa shape index (κ3) is 6.55. The molecule has 0 saturated carbocycles. The van der Waals surface area contributed by atoms with Gasteiger partial charge < -0.3 is 10.1 Å². The summed E-state index contributed by atoms with van der Waals surface area (Å²) >= 11 is 0. The van der Waals surface area contributed by atoms with Crippen molar-refractivity contribution in [2.75, 3.05) is 20.3 Å². The lowest BCUT2D eigenvalue weighted by Crippen LogP contribution is -2.27. The minimum Gasteiger partial charge on any atom is -0.383 e. The van der Waals surface area contributed by atoms with Crippen LogP contribution in [0.4, 0.5) is 0 Å². The number of carbonyl (C=O) groups excluding carboxylic acids is 1. The van der Waals surface area contributed by atoms with E-state index in [9.17, 15) is 13.2 Å². The van der Waals surface area contributed by atoms with Gasteiger partial charge in [0.15, 0.2) is 0 Å². The van der Waals surface area contributed by atoms with E-state index in [1.807, 2.05) is 6.92 Å². The molecule has 0 aliphatic carbocycles. The van der Waals surface area contributed by atoms with Crippen molar-refractivity contribution in [3.8, 4) is 0 Å². The molecule has 0 fully saturated rings. The van der Waals surface area contributed by atoms with Gasteiger partial charge in [-0.2, -0.15) is 0 Å². The van der Waals surface area contributed by atoms with Crippen LogP contribution in [-0.2, 0) is 26.1 Å². The van der Waals surface area contributed by atoms with Gasteiger partial charge in [-0.3, -0.25) is 4.79 Å². The van der Waals surface area contributed by atoms with Gasteiger partial charge in [0.05, 0.1) is 11.5 Å². The zero-order chi connectivity index (χ0) is 16.4. The highest BCUT2D eigenvalue weighted by Gasteiger charge is 2.12. The summed E-state index contributed by atoms with van der Waals surface area (Å²) in [5.41, 5.74) is 0.862. The van der Waals surface area contributed by atoms with Crippen LogP contribution in [-0.4, -0.2) is 34.6 Å². The summed E-state index contributed by atoms with van der Waals surface area (Å²) < 4.78 is 31.2. The Bertz CT molecular complexity index is 555. The molecule has 1 rings (SSSR count). The molecule has 7 heteroatoms. The lowest BCUT2D eigenvalue weighted by atomic mass is 10.2. The minimum absolute atomic E-state index is 0.0137. The average Bonchev–Trinajstić information content (AvgIpc) is 2.51. The maximum Gasteiger partial charge on any atom is 0.240 e. The number of hydrogen-bond acceptors (Lipinski definition) is 4. The van der Waals surface area contributed by atoms with Crippen molar-refractivity contribution in [3.63, 3.8) is 0 Å². The number of carbonyl (C=O) groups is 1. The zero-order valence-corrected chi connectivity index (χ0v) is 13.9. The largest absolute Gasteiger partial charge is 0.383 e.